The molecule has 114 valence electrons. The van der Waals surface area contributed by atoms with Crippen LogP contribution in [0.15, 0.2) is 23.1 Å². The molecule has 0 aliphatic carbocycles. The molecule has 1 aliphatic heterocycles. The molecule has 1 aromatic carbocycles. The van der Waals surface area contributed by atoms with Crippen molar-refractivity contribution in [1.29, 1.82) is 0 Å². The molecule has 0 radical (unpaired) electrons. The van der Waals surface area contributed by atoms with Gasteiger partial charge in [0.25, 0.3) is 0 Å². The van der Waals surface area contributed by atoms with Crippen LogP contribution in [0, 0.1) is 13.8 Å². The maximum absolute atomic E-state index is 12.3. The van der Waals surface area contributed by atoms with E-state index < -0.39 is 12.0 Å². The summed E-state index contributed by atoms with van der Waals surface area (Å²) in [6, 6.07) is 5.51. The van der Waals surface area contributed by atoms with Crippen molar-refractivity contribution in [3.05, 3.63) is 29.3 Å². The molecular weight excluding hydrogens is 286 g/mol. The second-order valence-corrected chi connectivity index (χ2v) is 6.51. The molecule has 21 heavy (non-hydrogen) atoms. The Labute approximate surface area is 129 Å². The number of rotatable bonds is 4. The third kappa shape index (κ3) is 4.00. The molecular formula is C16H21NO3S. The van der Waals surface area contributed by atoms with Crippen molar-refractivity contribution in [3.63, 3.8) is 0 Å². The lowest BCUT2D eigenvalue weighted by Crippen LogP contribution is -2.48. The summed E-state index contributed by atoms with van der Waals surface area (Å²) in [7, 11) is 0. The fourth-order valence-electron chi connectivity index (χ4n) is 2.57. The maximum atomic E-state index is 12.3. The van der Waals surface area contributed by atoms with Gasteiger partial charge in [-0.25, -0.2) is 4.79 Å². The quantitative estimate of drug-likeness (QED) is 0.869. The highest BCUT2D eigenvalue weighted by molar-refractivity contribution is 8.00. The van der Waals surface area contributed by atoms with Gasteiger partial charge in [-0.1, -0.05) is 17.7 Å². The van der Waals surface area contributed by atoms with Crippen molar-refractivity contribution in [2.75, 3.05) is 12.3 Å². The minimum atomic E-state index is -0.889. The van der Waals surface area contributed by atoms with E-state index in [0.29, 0.717) is 18.7 Å². The summed E-state index contributed by atoms with van der Waals surface area (Å²) in [6.45, 7) is 4.60. The number of carboxylic acid groups (broad SMARTS) is 1. The third-order valence-corrected chi connectivity index (χ3v) is 4.95. The van der Waals surface area contributed by atoms with E-state index in [-0.39, 0.29) is 5.91 Å². The number of piperidine rings is 1. The molecule has 1 aromatic rings. The Balaban J connectivity index is 2.00. The van der Waals surface area contributed by atoms with E-state index in [9.17, 15) is 14.7 Å². The minimum Gasteiger partial charge on any atom is -0.480 e. The Hall–Kier alpha value is -1.49. The van der Waals surface area contributed by atoms with Crippen LogP contribution in [0.1, 0.15) is 30.4 Å². The molecule has 2 rings (SSSR count). The molecule has 5 heteroatoms. The topological polar surface area (TPSA) is 57.6 Å². The molecule has 0 bridgehead atoms. The number of hydrogen-bond acceptors (Lipinski definition) is 3. The van der Waals surface area contributed by atoms with E-state index in [0.717, 1.165) is 28.9 Å². The number of likely N-dealkylation sites (tertiary alicyclic amines) is 1. The minimum absolute atomic E-state index is 0.0759. The fourth-order valence-corrected chi connectivity index (χ4v) is 3.58. The molecule has 1 aliphatic rings. The van der Waals surface area contributed by atoms with Crippen molar-refractivity contribution < 1.29 is 14.7 Å². The number of benzene rings is 1. The summed E-state index contributed by atoms with van der Waals surface area (Å²) in [5.74, 6) is -0.665. The van der Waals surface area contributed by atoms with Crippen LogP contribution >= 0.6 is 11.8 Å². The Bertz CT molecular complexity index is 544. The highest BCUT2D eigenvalue weighted by Crippen LogP contribution is 2.25. The van der Waals surface area contributed by atoms with Crippen LogP contribution < -0.4 is 0 Å². The van der Waals surface area contributed by atoms with Gasteiger partial charge in [-0.15, -0.1) is 11.8 Å². The Morgan fingerprint density at radius 2 is 2.10 bits per heavy atom. The molecule has 1 unspecified atom stereocenters. The molecule has 1 heterocycles. The van der Waals surface area contributed by atoms with Crippen LogP contribution in [0.2, 0.25) is 0 Å². The second kappa shape index (κ2) is 6.98. The SMILES string of the molecule is Cc1ccc(C)c(SCC(=O)N2CCCCC2C(=O)O)c1. The lowest BCUT2D eigenvalue weighted by Gasteiger charge is -2.32. The molecule has 4 nitrogen and oxygen atoms in total. The summed E-state index contributed by atoms with van der Waals surface area (Å²) in [6.07, 6.45) is 2.34. The molecule has 0 saturated carbocycles. The van der Waals surface area contributed by atoms with Gasteiger partial charge < -0.3 is 10.0 Å². The zero-order chi connectivity index (χ0) is 15.4. The first-order valence-electron chi connectivity index (χ1n) is 7.21. The number of nitrogens with zero attached hydrogens (tertiary/aromatic N) is 1. The fraction of sp³-hybridized carbons (Fsp3) is 0.500. The van der Waals surface area contributed by atoms with Crippen LogP contribution in [0.3, 0.4) is 0 Å². The molecule has 1 atom stereocenters. The van der Waals surface area contributed by atoms with Crippen molar-refractivity contribution >= 4 is 23.6 Å². The Morgan fingerprint density at radius 1 is 1.33 bits per heavy atom. The van der Waals surface area contributed by atoms with Gasteiger partial charge >= 0.3 is 5.97 Å². The number of carboxylic acids is 1. The highest BCUT2D eigenvalue weighted by atomic mass is 32.2. The largest absolute Gasteiger partial charge is 0.480 e. The van der Waals surface area contributed by atoms with E-state index in [1.54, 1.807) is 0 Å². The number of amides is 1. The predicted octanol–water partition coefficient (Wildman–Crippen LogP) is 2.86. The van der Waals surface area contributed by atoms with E-state index in [1.807, 2.05) is 26.0 Å². The number of carbonyl (C=O) groups is 2. The number of hydrogen-bond donors (Lipinski definition) is 1. The first-order valence-corrected chi connectivity index (χ1v) is 8.20. The van der Waals surface area contributed by atoms with E-state index in [2.05, 4.69) is 6.07 Å². The molecule has 1 fully saturated rings. The van der Waals surface area contributed by atoms with E-state index in [4.69, 9.17) is 0 Å². The van der Waals surface area contributed by atoms with E-state index >= 15 is 0 Å². The molecule has 0 aromatic heterocycles. The summed E-state index contributed by atoms with van der Waals surface area (Å²) in [4.78, 5) is 26.2. The number of carbonyl (C=O) groups excluding carboxylic acids is 1. The van der Waals surface area contributed by atoms with Crippen molar-refractivity contribution in [3.8, 4) is 0 Å². The smallest absolute Gasteiger partial charge is 0.326 e. The summed E-state index contributed by atoms with van der Waals surface area (Å²) in [5, 5.41) is 9.22. The van der Waals surface area contributed by atoms with Gasteiger partial charge in [0, 0.05) is 11.4 Å². The normalized spacial score (nSPS) is 18.6. The van der Waals surface area contributed by atoms with Gasteiger partial charge in [-0.2, -0.15) is 0 Å². The summed E-state index contributed by atoms with van der Waals surface area (Å²) in [5.41, 5.74) is 2.31. The van der Waals surface area contributed by atoms with Crippen LogP contribution in [-0.4, -0.2) is 40.2 Å². The maximum Gasteiger partial charge on any atom is 0.326 e. The van der Waals surface area contributed by atoms with Gasteiger partial charge in [0.2, 0.25) is 5.91 Å². The predicted molar refractivity (Wildman–Crippen MR) is 83.6 cm³/mol. The highest BCUT2D eigenvalue weighted by Gasteiger charge is 2.31. The van der Waals surface area contributed by atoms with Crippen molar-refractivity contribution in [2.24, 2.45) is 0 Å². The van der Waals surface area contributed by atoms with Gasteiger partial charge in [0.05, 0.1) is 5.75 Å². The van der Waals surface area contributed by atoms with E-state index in [1.165, 1.54) is 16.7 Å². The Kier molecular flexibility index (Phi) is 5.28. The lowest BCUT2D eigenvalue weighted by molar-refractivity contribution is -0.150. The first kappa shape index (κ1) is 15.9. The lowest BCUT2D eigenvalue weighted by atomic mass is 10.0. The average Bonchev–Trinajstić information content (AvgIpc) is 2.47. The second-order valence-electron chi connectivity index (χ2n) is 5.49. The third-order valence-electron chi connectivity index (χ3n) is 3.80. The molecule has 1 N–H and O–H groups in total. The molecule has 1 saturated heterocycles. The number of aryl methyl sites for hydroxylation is 2. The summed E-state index contributed by atoms with van der Waals surface area (Å²) < 4.78 is 0. The molecule has 1 amide bonds. The van der Waals surface area contributed by atoms with Crippen LogP contribution in [0.5, 0.6) is 0 Å². The van der Waals surface area contributed by atoms with Gasteiger partial charge in [-0.3, -0.25) is 4.79 Å². The number of aliphatic carboxylic acids is 1. The van der Waals surface area contributed by atoms with Gasteiger partial charge in [-0.05, 0) is 44.7 Å². The van der Waals surface area contributed by atoms with Crippen LogP contribution in [0.25, 0.3) is 0 Å². The van der Waals surface area contributed by atoms with Crippen LogP contribution in [-0.2, 0) is 9.59 Å². The van der Waals surface area contributed by atoms with Crippen molar-refractivity contribution in [1.82, 2.24) is 4.90 Å². The van der Waals surface area contributed by atoms with Gasteiger partial charge in [0.1, 0.15) is 6.04 Å². The van der Waals surface area contributed by atoms with Gasteiger partial charge in [0.15, 0.2) is 0 Å². The Morgan fingerprint density at radius 3 is 2.81 bits per heavy atom. The monoisotopic (exact) mass is 307 g/mol. The first-order chi connectivity index (χ1) is 9.99. The zero-order valence-electron chi connectivity index (χ0n) is 12.5. The van der Waals surface area contributed by atoms with Crippen molar-refractivity contribution in [2.45, 2.75) is 44.0 Å². The average molecular weight is 307 g/mol. The molecule has 0 spiro atoms. The summed E-state index contributed by atoms with van der Waals surface area (Å²) >= 11 is 1.49. The number of thioether (sulfide) groups is 1. The standard InChI is InChI=1S/C16H21NO3S/c1-11-6-7-12(2)14(9-11)21-10-15(18)17-8-4-3-5-13(17)16(19)20/h6-7,9,13H,3-5,8,10H2,1-2H3,(H,19,20). The van der Waals surface area contributed by atoms with Crippen LogP contribution in [0.4, 0.5) is 0 Å². The zero-order valence-corrected chi connectivity index (χ0v) is 13.3.